The highest BCUT2D eigenvalue weighted by atomic mass is 31.2. The number of aromatic nitrogens is 2. The molecule has 0 aliphatic carbocycles. The van der Waals surface area contributed by atoms with Gasteiger partial charge in [-0.2, -0.15) is 4.98 Å². The van der Waals surface area contributed by atoms with Crippen molar-refractivity contribution in [2.75, 3.05) is 5.73 Å². The molecule has 0 saturated carbocycles. The minimum atomic E-state index is -4.67. The van der Waals surface area contributed by atoms with Crippen molar-refractivity contribution in [3.63, 3.8) is 0 Å². The summed E-state index contributed by atoms with van der Waals surface area (Å²) in [4.78, 5) is 34.0. The highest BCUT2D eigenvalue weighted by Gasteiger charge is 2.42. The first kappa shape index (κ1) is 19.1. The maximum Gasteiger partial charge on any atom is 0.469 e. The van der Waals surface area contributed by atoms with Crippen LogP contribution in [0.5, 0.6) is 0 Å². The van der Waals surface area contributed by atoms with Crippen LogP contribution < -0.4 is 11.4 Å². The molecule has 1 aromatic rings. The smallest absolute Gasteiger partial charge is 0.383 e. The molecule has 3 atom stereocenters. The summed E-state index contributed by atoms with van der Waals surface area (Å²) in [6, 6.07) is 0. The summed E-state index contributed by atoms with van der Waals surface area (Å²) >= 11 is 0. The third kappa shape index (κ3) is 4.87. The van der Waals surface area contributed by atoms with Crippen molar-refractivity contribution in [3.05, 3.63) is 22.2 Å². The van der Waals surface area contributed by atoms with Gasteiger partial charge in [0.1, 0.15) is 12.0 Å². The largest absolute Gasteiger partial charge is 0.469 e. The molecule has 2 heterocycles. The lowest BCUT2D eigenvalue weighted by atomic mass is 9.87. The van der Waals surface area contributed by atoms with E-state index in [1.54, 1.807) is 6.92 Å². The first-order chi connectivity index (χ1) is 10.9. The van der Waals surface area contributed by atoms with Crippen LogP contribution in [0.4, 0.5) is 5.82 Å². The first-order valence-electron chi connectivity index (χ1n) is 7.60. The van der Waals surface area contributed by atoms with E-state index in [0.717, 1.165) is 0 Å². The zero-order valence-corrected chi connectivity index (χ0v) is 15.1. The zero-order valence-electron chi connectivity index (χ0n) is 14.2. The van der Waals surface area contributed by atoms with E-state index in [4.69, 9.17) is 24.8 Å². The summed E-state index contributed by atoms with van der Waals surface area (Å²) in [6.07, 6.45) is 0.102. The topological polar surface area (TPSA) is 137 Å². The van der Waals surface area contributed by atoms with Crippen LogP contribution in [0.2, 0.25) is 0 Å². The predicted octanol–water partition coefficient (Wildman–Crippen LogP) is 1.34. The van der Waals surface area contributed by atoms with Crippen molar-refractivity contribution in [1.82, 2.24) is 9.55 Å². The molecule has 1 fully saturated rings. The monoisotopic (exact) mass is 361 g/mol. The Bertz CT molecular complexity index is 707. The normalized spacial score (nSPS) is 25.2. The summed E-state index contributed by atoms with van der Waals surface area (Å²) < 4.78 is 23.3. The molecule has 1 aromatic heterocycles. The van der Waals surface area contributed by atoms with E-state index >= 15 is 0 Å². The van der Waals surface area contributed by atoms with E-state index in [1.165, 1.54) is 10.8 Å². The van der Waals surface area contributed by atoms with Gasteiger partial charge in [-0.15, -0.1) is 0 Å². The summed E-state index contributed by atoms with van der Waals surface area (Å²) in [6.45, 7) is 7.67. The molecule has 0 aromatic carbocycles. The number of hydrogen-bond acceptors (Lipinski definition) is 6. The van der Waals surface area contributed by atoms with Gasteiger partial charge in [0.25, 0.3) is 0 Å². The molecule has 0 radical (unpaired) electrons. The van der Waals surface area contributed by atoms with Gasteiger partial charge in [-0.3, -0.25) is 9.09 Å². The molecule has 4 N–H and O–H groups in total. The molecule has 1 saturated heterocycles. The molecule has 10 heteroatoms. The van der Waals surface area contributed by atoms with Crippen molar-refractivity contribution in [3.8, 4) is 0 Å². The van der Waals surface area contributed by atoms with Gasteiger partial charge in [0, 0.05) is 18.2 Å². The standard InChI is InChI=1S/C14H24N3O6P/c1-8-7-17(13(18)16-12(8)15)11-5-9(23-24(19,20)21)10(22-11)6-14(2,3)4/h7,9-11H,5-6H2,1-4H3,(H2,15,16,18)(H2,19,20,21)/t9-,10-,11-/m1/s1. The van der Waals surface area contributed by atoms with Crippen molar-refractivity contribution in [2.24, 2.45) is 5.41 Å². The Morgan fingerprint density at radius 1 is 1.50 bits per heavy atom. The Kier molecular flexibility index (Phi) is 5.22. The van der Waals surface area contributed by atoms with Crippen LogP contribution in [0.25, 0.3) is 0 Å². The Balaban J connectivity index is 2.29. The van der Waals surface area contributed by atoms with Gasteiger partial charge in [0.15, 0.2) is 0 Å². The molecule has 1 aliphatic rings. The summed E-state index contributed by atoms with van der Waals surface area (Å²) in [5.74, 6) is 0.142. The lowest BCUT2D eigenvalue weighted by Gasteiger charge is -2.26. The van der Waals surface area contributed by atoms with Gasteiger partial charge in [-0.05, 0) is 18.8 Å². The second-order valence-corrected chi connectivity index (χ2v) is 8.46. The first-order valence-corrected chi connectivity index (χ1v) is 9.13. The molecule has 0 bridgehead atoms. The summed E-state index contributed by atoms with van der Waals surface area (Å²) in [7, 11) is -4.67. The number of ether oxygens (including phenoxy) is 1. The second kappa shape index (κ2) is 6.57. The quantitative estimate of drug-likeness (QED) is 0.683. The number of rotatable bonds is 4. The maximum absolute atomic E-state index is 12.1. The number of aryl methyl sites for hydroxylation is 1. The van der Waals surface area contributed by atoms with E-state index in [0.29, 0.717) is 12.0 Å². The van der Waals surface area contributed by atoms with E-state index in [2.05, 4.69) is 4.98 Å². The van der Waals surface area contributed by atoms with Crippen LogP contribution in [0.1, 0.15) is 45.4 Å². The number of phosphoric acid groups is 1. The molecular weight excluding hydrogens is 337 g/mol. The van der Waals surface area contributed by atoms with Crippen molar-refractivity contribution in [1.29, 1.82) is 0 Å². The van der Waals surface area contributed by atoms with Gasteiger partial charge in [0.2, 0.25) is 0 Å². The highest BCUT2D eigenvalue weighted by molar-refractivity contribution is 7.46. The fourth-order valence-electron chi connectivity index (χ4n) is 2.73. The molecular formula is C14H24N3O6P. The molecule has 1 aliphatic heterocycles. The molecule has 24 heavy (non-hydrogen) atoms. The van der Waals surface area contributed by atoms with Crippen molar-refractivity contribution < 1.29 is 23.6 Å². The molecule has 0 spiro atoms. The maximum atomic E-state index is 12.1. The fraction of sp³-hybridized carbons (Fsp3) is 0.714. The molecule has 136 valence electrons. The highest BCUT2D eigenvalue weighted by Crippen LogP contribution is 2.45. The minimum Gasteiger partial charge on any atom is -0.383 e. The van der Waals surface area contributed by atoms with E-state index in [-0.39, 0.29) is 17.7 Å². The lowest BCUT2D eigenvalue weighted by Crippen LogP contribution is -2.29. The summed E-state index contributed by atoms with van der Waals surface area (Å²) in [5, 5.41) is 0. The van der Waals surface area contributed by atoms with Crippen molar-refractivity contribution >= 4 is 13.6 Å². The van der Waals surface area contributed by atoms with Crippen LogP contribution in [0.15, 0.2) is 11.0 Å². The molecule has 2 rings (SSSR count). The van der Waals surface area contributed by atoms with E-state index in [9.17, 15) is 9.36 Å². The number of nitrogens with two attached hydrogens (primary N) is 1. The van der Waals surface area contributed by atoms with Gasteiger partial charge in [-0.1, -0.05) is 20.8 Å². The van der Waals surface area contributed by atoms with Crippen molar-refractivity contribution in [2.45, 2.75) is 59.0 Å². The number of nitrogen functional groups attached to an aromatic ring is 1. The third-order valence-electron chi connectivity index (χ3n) is 3.75. The lowest BCUT2D eigenvalue weighted by molar-refractivity contribution is -0.0378. The van der Waals surface area contributed by atoms with Gasteiger partial charge >= 0.3 is 13.5 Å². The second-order valence-electron chi connectivity index (χ2n) is 7.26. The average molecular weight is 361 g/mol. The fourth-order valence-corrected chi connectivity index (χ4v) is 3.30. The SMILES string of the molecule is Cc1cn([C@H]2C[C@@H](OP(=O)(O)O)[C@@H](CC(C)(C)C)O2)c(=O)nc1N. The van der Waals surface area contributed by atoms with Crippen LogP contribution in [0, 0.1) is 12.3 Å². The minimum absolute atomic E-state index is 0.136. The molecule has 9 nitrogen and oxygen atoms in total. The van der Waals surface area contributed by atoms with Crippen LogP contribution in [0.3, 0.4) is 0 Å². The molecule has 0 unspecified atom stereocenters. The third-order valence-corrected chi connectivity index (χ3v) is 4.30. The molecule has 0 amide bonds. The Morgan fingerprint density at radius 2 is 2.12 bits per heavy atom. The Morgan fingerprint density at radius 3 is 2.67 bits per heavy atom. The van der Waals surface area contributed by atoms with E-state index in [1.807, 2.05) is 20.8 Å². The Hall–Kier alpha value is -1.25. The Labute approximate surface area is 140 Å². The van der Waals surface area contributed by atoms with Crippen LogP contribution in [-0.4, -0.2) is 31.5 Å². The number of phosphoric ester groups is 1. The predicted molar refractivity (Wildman–Crippen MR) is 87.2 cm³/mol. The summed E-state index contributed by atoms with van der Waals surface area (Å²) in [5.41, 5.74) is 5.51. The van der Waals surface area contributed by atoms with Gasteiger partial charge in [-0.25, -0.2) is 9.36 Å². The zero-order chi connectivity index (χ0) is 18.3. The van der Waals surface area contributed by atoms with Crippen LogP contribution in [-0.2, 0) is 13.8 Å². The number of anilines is 1. The van der Waals surface area contributed by atoms with Gasteiger partial charge < -0.3 is 20.3 Å². The number of nitrogens with zero attached hydrogens (tertiary/aromatic N) is 2. The van der Waals surface area contributed by atoms with Gasteiger partial charge in [0.05, 0.1) is 12.2 Å². The van der Waals surface area contributed by atoms with E-state index < -0.39 is 31.9 Å². The average Bonchev–Trinajstić information content (AvgIpc) is 2.72. The van der Waals surface area contributed by atoms with Crippen LogP contribution >= 0.6 is 7.82 Å². The number of hydrogen-bond donors (Lipinski definition) is 3.